The standard InChI is InChI=1S/C22H22N8O2/c31-22(32)21-17-13-9-5-2-1-3-7-11-15-19-23-25-27-29-30-28-26-24-20-16-12-8-4-6-10-14-18-21/h1-20H,(H,31,32)(H,23,26,27,30). The Bertz CT molecular complexity index is 984. The van der Waals surface area contributed by atoms with Crippen LogP contribution in [0.2, 0.25) is 0 Å². The minimum absolute atomic E-state index is 0.163. The van der Waals surface area contributed by atoms with Crippen LogP contribution >= 0.6 is 0 Å². The summed E-state index contributed by atoms with van der Waals surface area (Å²) in [5.74, 6) is -1.01. The van der Waals surface area contributed by atoms with Crippen LogP contribution in [0.3, 0.4) is 0 Å². The van der Waals surface area contributed by atoms with Crippen LogP contribution in [-0.4, -0.2) is 52.6 Å². The van der Waals surface area contributed by atoms with E-state index in [4.69, 9.17) is 0 Å². The second kappa shape index (κ2) is 19.5. The maximum Gasteiger partial charge on any atom is 0.335 e. The number of carbonyl (C=O) groups is 1. The molecule has 10 heteroatoms. The lowest BCUT2D eigenvalue weighted by molar-refractivity contribution is 0.0697. The molecule has 162 valence electrons. The van der Waals surface area contributed by atoms with Crippen molar-refractivity contribution in [3.05, 3.63) is 127 Å². The van der Waals surface area contributed by atoms with E-state index in [1.54, 1.807) is 78.9 Å². The van der Waals surface area contributed by atoms with Crippen LogP contribution in [-0.2, 0) is 0 Å². The third-order valence-electron chi connectivity index (χ3n) is 2.99. The molecule has 0 aliphatic heterocycles. The topological polar surface area (TPSA) is 143 Å². The fraction of sp³-hybridized carbons (Fsp3) is 0. The summed E-state index contributed by atoms with van der Waals surface area (Å²) in [7, 11) is 0. The fourth-order valence-corrected chi connectivity index (χ4v) is 1.66. The van der Waals surface area contributed by atoms with Crippen molar-refractivity contribution >= 4 is 5.97 Å². The number of hydrogen-bond acceptors (Lipinski definition) is 8. The molecule has 0 fully saturated rings. The van der Waals surface area contributed by atoms with Gasteiger partial charge in [0.25, 0.3) is 0 Å². The van der Waals surface area contributed by atoms with Gasteiger partial charge in [0.1, 0.15) is 0 Å². The highest BCUT2D eigenvalue weighted by atomic mass is 16.4. The van der Waals surface area contributed by atoms with Crippen LogP contribution in [0.15, 0.2) is 122 Å². The smallest absolute Gasteiger partial charge is 0.335 e. The van der Waals surface area contributed by atoms with Gasteiger partial charge in [-0.3, -0.25) is 0 Å². The Morgan fingerprint density at radius 2 is 1.06 bits per heavy atom. The maximum absolute atomic E-state index is 11.3. The molecule has 0 saturated carbocycles. The molecule has 0 unspecified atom stereocenters. The number of aromatic amines is 1. The lowest BCUT2D eigenvalue weighted by atomic mass is 10.2. The molecule has 1 rings (SSSR count). The zero-order valence-electron chi connectivity index (χ0n) is 17.0. The average molecular weight is 430 g/mol. The van der Waals surface area contributed by atoms with Gasteiger partial charge in [0.05, 0.1) is 11.8 Å². The van der Waals surface area contributed by atoms with E-state index in [0.717, 1.165) is 0 Å². The Morgan fingerprint density at radius 1 is 0.594 bits per heavy atom. The lowest BCUT2D eigenvalue weighted by Gasteiger charge is -1.85. The highest BCUT2D eigenvalue weighted by Gasteiger charge is 1.95. The molecule has 32 heavy (non-hydrogen) atoms. The van der Waals surface area contributed by atoms with Gasteiger partial charge in [0.2, 0.25) is 0 Å². The summed E-state index contributed by atoms with van der Waals surface area (Å²) in [5, 5.41) is 35.6. The SMILES string of the molecule is O=C(O)c1cccccccccccnnnnnn[nH]nccccccccc1. The molecular weight excluding hydrogens is 408 g/mol. The Balaban J connectivity index is 3.21. The predicted molar refractivity (Wildman–Crippen MR) is 118 cm³/mol. The molecule has 0 saturated heterocycles. The van der Waals surface area contributed by atoms with Crippen molar-refractivity contribution in [3.63, 3.8) is 0 Å². The third kappa shape index (κ3) is 16.1. The first-order valence-corrected chi connectivity index (χ1v) is 9.22. The number of hydrogen-bond donors (Lipinski definition) is 2. The normalized spacial score (nSPS) is 8.25. The van der Waals surface area contributed by atoms with Gasteiger partial charge >= 0.3 is 5.97 Å². The van der Waals surface area contributed by atoms with Crippen LogP contribution in [0.25, 0.3) is 0 Å². The highest BCUT2D eigenvalue weighted by Crippen LogP contribution is 1.93. The van der Waals surface area contributed by atoms with Crippen molar-refractivity contribution in [2.45, 2.75) is 0 Å². The van der Waals surface area contributed by atoms with E-state index in [9.17, 15) is 9.90 Å². The minimum Gasteiger partial charge on any atom is -0.478 e. The molecule has 1 aromatic heterocycles. The van der Waals surface area contributed by atoms with Gasteiger partial charge in [-0.1, -0.05) is 84.9 Å². The third-order valence-corrected chi connectivity index (χ3v) is 2.99. The Kier molecular flexibility index (Phi) is 15.3. The van der Waals surface area contributed by atoms with Crippen LogP contribution in [0.5, 0.6) is 0 Å². The zero-order chi connectivity index (χ0) is 23.0. The van der Waals surface area contributed by atoms with Gasteiger partial charge in [0.15, 0.2) is 0 Å². The summed E-state index contributed by atoms with van der Waals surface area (Å²) in [6.45, 7) is 0. The Labute approximate surface area is 185 Å². The molecule has 0 atom stereocenters. The molecule has 0 spiro atoms. The van der Waals surface area contributed by atoms with Crippen molar-refractivity contribution in [2.24, 2.45) is 0 Å². The molecule has 0 aliphatic rings. The van der Waals surface area contributed by atoms with Crippen LogP contribution in [0, 0.1) is 0 Å². The first-order valence-electron chi connectivity index (χ1n) is 9.22. The molecule has 0 aliphatic carbocycles. The van der Waals surface area contributed by atoms with E-state index in [-0.39, 0.29) is 5.56 Å². The molecule has 1 aromatic rings. The molecule has 10 nitrogen and oxygen atoms in total. The number of carboxylic acid groups (broad SMARTS) is 1. The van der Waals surface area contributed by atoms with Crippen molar-refractivity contribution in [2.75, 3.05) is 0 Å². The highest BCUT2D eigenvalue weighted by molar-refractivity contribution is 5.87. The van der Waals surface area contributed by atoms with Crippen LogP contribution in [0.1, 0.15) is 10.4 Å². The van der Waals surface area contributed by atoms with Crippen molar-refractivity contribution < 1.29 is 9.90 Å². The van der Waals surface area contributed by atoms with Gasteiger partial charge in [0, 0.05) is 6.20 Å². The number of H-pyrrole nitrogens is 1. The van der Waals surface area contributed by atoms with E-state index in [0.29, 0.717) is 0 Å². The Morgan fingerprint density at radius 3 is 1.62 bits per heavy atom. The summed E-state index contributed by atoms with van der Waals surface area (Å²) < 4.78 is 0. The van der Waals surface area contributed by atoms with E-state index in [1.807, 2.05) is 18.2 Å². The minimum atomic E-state index is -1.01. The number of rotatable bonds is 1. The molecule has 2 N–H and O–H groups in total. The van der Waals surface area contributed by atoms with Crippen LogP contribution in [0.4, 0.5) is 0 Å². The molecule has 1 heterocycles. The molecule has 0 bridgehead atoms. The zero-order valence-corrected chi connectivity index (χ0v) is 17.0. The number of nitrogens with one attached hydrogen (secondary N) is 1. The van der Waals surface area contributed by atoms with E-state index in [1.165, 1.54) is 24.5 Å². The fourth-order valence-electron chi connectivity index (χ4n) is 1.66. The van der Waals surface area contributed by atoms with Crippen LogP contribution < -0.4 is 0 Å². The number of carboxylic acids is 1. The maximum atomic E-state index is 11.3. The average Bonchev–Trinajstić information content (AvgIpc) is 2.78. The van der Waals surface area contributed by atoms with Gasteiger partial charge < -0.3 is 5.11 Å². The van der Waals surface area contributed by atoms with Crippen molar-refractivity contribution in [1.29, 1.82) is 0 Å². The molecular formula is C22H22N8O2. The molecule has 0 amide bonds. The van der Waals surface area contributed by atoms with E-state index in [2.05, 4.69) is 41.5 Å². The summed E-state index contributed by atoms with van der Waals surface area (Å²) in [6.07, 6.45) is 2.89. The quantitative estimate of drug-likeness (QED) is 0.686. The number of nitrogens with zero attached hydrogens (tertiary/aromatic N) is 7. The van der Waals surface area contributed by atoms with Crippen molar-refractivity contribution in [1.82, 2.24) is 41.5 Å². The summed E-state index contributed by atoms with van der Waals surface area (Å²) >= 11 is 0. The Hall–Kier alpha value is -4.86. The summed E-state index contributed by atoms with van der Waals surface area (Å²) in [6, 6.07) is 30.9. The summed E-state index contributed by atoms with van der Waals surface area (Å²) in [5.41, 5.74) is 0.163. The first kappa shape index (κ1) is 25.2. The second-order valence-corrected chi connectivity index (χ2v) is 5.27. The monoisotopic (exact) mass is 430 g/mol. The van der Waals surface area contributed by atoms with E-state index < -0.39 is 5.97 Å². The molecule has 0 aromatic carbocycles. The first-order chi connectivity index (χ1) is 15.8. The summed E-state index contributed by atoms with van der Waals surface area (Å²) in [4.78, 5) is 11.3. The van der Waals surface area contributed by atoms with Gasteiger partial charge in [-0.2, -0.15) is 10.3 Å². The lowest BCUT2D eigenvalue weighted by Crippen LogP contribution is -1.92. The van der Waals surface area contributed by atoms with Gasteiger partial charge in [-0.15, -0.1) is 5.10 Å². The second-order valence-electron chi connectivity index (χ2n) is 5.27. The van der Waals surface area contributed by atoms with E-state index >= 15 is 0 Å². The number of aromatic carboxylic acids is 1. The van der Waals surface area contributed by atoms with Gasteiger partial charge in [-0.25, -0.2) is 4.79 Å². The van der Waals surface area contributed by atoms with Crippen molar-refractivity contribution in [3.8, 4) is 0 Å². The van der Waals surface area contributed by atoms with Gasteiger partial charge in [-0.05, 0) is 50.3 Å². The predicted octanol–water partition coefficient (Wildman–Crippen LogP) is 3.22. The largest absolute Gasteiger partial charge is 0.478 e. The number of aromatic nitrogens is 8. The molecule has 0 radical (unpaired) electrons.